The van der Waals surface area contributed by atoms with Gasteiger partial charge in [0.1, 0.15) is 5.82 Å². The van der Waals surface area contributed by atoms with Crippen LogP contribution in [0.2, 0.25) is 0 Å². The number of likely N-dealkylation sites (tertiary alicyclic amines) is 1. The van der Waals surface area contributed by atoms with Gasteiger partial charge in [0.2, 0.25) is 0 Å². The summed E-state index contributed by atoms with van der Waals surface area (Å²) in [4.78, 5) is 31.6. The van der Waals surface area contributed by atoms with Crippen molar-refractivity contribution in [2.75, 3.05) is 39.2 Å². The summed E-state index contributed by atoms with van der Waals surface area (Å²) >= 11 is 0. The van der Waals surface area contributed by atoms with Crippen LogP contribution in [0.15, 0.2) is 18.3 Å². The van der Waals surface area contributed by atoms with Gasteiger partial charge < -0.3 is 14.5 Å². The maximum atomic E-state index is 12.4. The molecule has 1 fully saturated rings. The molecule has 20 heavy (non-hydrogen) atoms. The zero-order valence-corrected chi connectivity index (χ0v) is 12.0. The van der Waals surface area contributed by atoms with Crippen molar-refractivity contribution in [3.63, 3.8) is 0 Å². The normalized spacial score (nSPS) is 17.9. The van der Waals surface area contributed by atoms with Crippen molar-refractivity contribution in [2.24, 2.45) is 5.92 Å². The molecule has 1 aliphatic heterocycles. The van der Waals surface area contributed by atoms with Gasteiger partial charge in [0.15, 0.2) is 0 Å². The van der Waals surface area contributed by atoms with Crippen LogP contribution in [-0.4, -0.2) is 56.1 Å². The van der Waals surface area contributed by atoms with Crippen LogP contribution in [0.4, 0.5) is 5.82 Å². The standard InChI is InChI=1S/C14H19N3O3/c1-16(2)12-8-10(4-6-15-12)13(18)17-7-5-11(9-17)14(19)20-3/h4,6,8,11H,5,7,9H2,1-3H3. The number of hydrogen-bond donors (Lipinski definition) is 0. The van der Waals surface area contributed by atoms with Crippen LogP contribution in [-0.2, 0) is 9.53 Å². The van der Waals surface area contributed by atoms with Crippen molar-refractivity contribution in [2.45, 2.75) is 6.42 Å². The lowest BCUT2D eigenvalue weighted by Gasteiger charge is -2.17. The number of amides is 1. The van der Waals surface area contributed by atoms with E-state index in [1.807, 2.05) is 19.0 Å². The first-order valence-electron chi connectivity index (χ1n) is 6.53. The van der Waals surface area contributed by atoms with E-state index in [0.29, 0.717) is 25.1 Å². The van der Waals surface area contributed by atoms with E-state index in [2.05, 4.69) is 4.98 Å². The SMILES string of the molecule is COC(=O)C1CCN(C(=O)c2ccnc(N(C)C)c2)C1. The minimum atomic E-state index is -0.246. The highest BCUT2D eigenvalue weighted by atomic mass is 16.5. The molecule has 1 aromatic rings. The Morgan fingerprint density at radius 3 is 2.85 bits per heavy atom. The third-order valence-corrected chi connectivity index (χ3v) is 3.46. The maximum absolute atomic E-state index is 12.4. The molecule has 2 heterocycles. The van der Waals surface area contributed by atoms with Crippen LogP contribution in [0.5, 0.6) is 0 Å². The summed E-state index contributed by atoms with van der Waals surface area (Å²) in [6.07, 6.45) is 2.28. The number of pyridine rings is 1. The molecule has 0 radical (unpaired) electrons. The second-order valence-corrected chi connectivity index (χ2v) is 5.06. The molecule has 1 saturated heterocycles. The van der Waals surface area contributed by atoms with Gasteiger partial charge in [-0.05, 0) is 18.6 Å². The number of methoxy groups -OCH3 is 1. The Hall–Kier alpha value is -2.11. The van der Waals surface area contributed by atoms with Crippen molar-refractivity contribution in [3.05, 3.63) is 23.9 Å². The lowest BCUT2D eigenvalue weighted by molar-refractivity contribution is -0.144. The monoisotopic (exact) mass is 277 g/mol. The average Bonchev–Trinajstić information content (AvgIpc) is 2.95. The van der Waals surface area contributed by atoms with E-state index in [0.717, 1.165) is 5.82 Å². The summed E-state index contributed by atoms with van der Waals surface area (Å²) in [6.45, 7) is 1.00. The third-order valence-electron chi connectivity index (χ3n) is 3.46. The summed E-state index contributed by atoms with van der Waals surface area (Å²) in [5, 5.41) is 0. The molecular weight excluding hydrogens is 258 g/mol. The van der Waals surface area contributed by atoms with Gasteiger partial charge in [-0.15, -0.1) is 0 Å². The lowest BCUT2D eigenvalue weighted by Crippen LogP contribution is -2.30. The number of rotatable bonds is 3. The van der Waals surface area contributed by atoms with Gasteiger partial charge in [-0.2, -0.15) is 0 Å². The van der Waals surface area contributed by atoms with Crippen LogP contribution in [0, 0.1) is 5.92 Å². The fourth-order valence-corrected chi connectivity index (χ4v) is 2.28. The maximum Gasteiger partial charge on any atom is 0.310 e. The Bertz CT molecular complexity index is 516. The van der Waals surface area contributed by atoms with E-state index < -0.39 is 0 Å². The van der Waals surface area contributed by atoms with Crippen molar-refractivity contribution >= 4 is 17.7 Å². The zero-order valence-electron chi connectivity index (χ0n) is 12.0. The fraction of sp³-hybridized carbons (Fsp3) is 0.500. The zero-order chi connectivity index (χ0) is 14.7. The minimum absolute atomic E-state index is 0.0677. The Balaban J connectivity index is 2.09. The number of carbonyl (C=O) groups is 2. The largest absolute Gasteiger partial charge is 0.469 e. The number of aromatic nitrogens is 1. The Kier molecular flexibility index (Phi) is 4.22. The van der Waals surface area contributed by atoms with Gasteiger partial charge in [0, 0.05) is 38.9 Å². The van der Waals surface area contributed by atoms with Crippen molar-refractivity contribution in [1.29, 1.82) is 0 Å². The summed E-state index contributed by atoms with van der Waals surface area (Å²) < 4.78 is 4.72. The van der Waals surface area contributed by atoms with Gasteiger partial charge in [-0.3, -0.25) is 9.59 Å². The van der Waals surface area contributed by atoms with Gasteiger partial charge in [-0.25, -0.2) is 4.98 Å². The number of anilines is 1. The molecule has 2 rings (SSSR count). The van der Waals surface area contributed by atoms with E-state index in [1.165, 1.54) is 7.11 Å². The Labute approximate surface area is 118 Å². The molecule has 0 bridgehead atoms. The average molecular weight is 277 g/mol. The van der Waals surface area contributed by atoms with E-state index >= 15 is 0 Å². The summed E-state index contributed by atoms with van der Waals surface area (Å²) in [5.74, 6) is 0.213. The Morgan fingerprint density at radius 2 is 2.20 bits per heavy atom. The molecule has 108 valence electrons. The molecule has 1 aliphatic rings. The first-order valence-corrected chi connectivity index (χ1v) is 6.53. The predicted octanol–water partition coefficient (Wildman–Crippen LogP) is 0.783. The molecule has 1 aromatic heterocycles. The van der Waals surface area contributed by atoms with Gasteiger partial charge >= 0.3 is 5.97 Å². The highest BCUT2D eigenvalue weighted by molar-refractivity contribution is 5.95. The molecule has 6 nitrogen and oxygen atoms in total. The Morgan fingerprint density at radius 1 is 1.45 bits per heavy atom. The third kappa shape index (κ3) is 2.89. The number of ether oxygens (including phenoxy) is 1. The highest BCUT2D eigenvalue weighted by Gasteiger charge is 2.32. The molecule has 1 amide bonds. The van der Waals surface area contributed by atoms with E-state index in [-0.39, 0.29) is 17.8 Å². The molecule has 0 aromatic carbocycles. The van der Waals surface area contributed by atoms with Crippen molar-refractivity contribution in [1.82, 2.24) is 9.88 Å². The van der Waals surface area contributed by atoms with Gasteiger partial charge in [0.05, 0.1) is 13.0 Å². The van der Waals surface area contributed by atoms with Gasteiger partial charge in [-0.1, -0.05) is 0 Å². The van der Waals surface area contributed by atoms with Crippen LogP contribution in [0.25, 0.3) is 0 Å². The second kappa shape index (κ2) is 5.90. The van der Waals surface area contributed by atoms with Crippen LogP contribution < -0.4 is 4.90 Å². The number of esters is 1. The van der Waals surface area contributed by atoms with Crippen LogP contribution in [0.1, 0.15) is 16.8 Å². The lowest BCUT2D eigenvalue weighted by atomic mass is 10.1. The highest BCUT2D eigenvalue weighted by Crippen LogP contribution is 2.20. The first kappa shape index (κ1) is 14.3. The number of nitrogens with zero attached hydrogens (tertiary/aromatic N) is 3. The summed E-state index contributed by atoms with van der Waals surface area (Å²) in [7, 11) is 5.12. The molecule has 1 atom stereocenters. The summed E-state index contributed by atoms with van der Waals surface area (Å²) in [6, 6.07) is 3.45. The molecule has 0 N–H and O–H groups in total. The molecule has 6 heteroatoms. The number of hydrogen-bond acceptors (Lipinski definition) is 5. The van der Waals surface area contributed by atoms with Crippen molar-refractivity contribution in [3.8, 4) is 0 Å². The molecule has 0 saturated carbocycles. The minimum Gasteiger partial charge on any atom is -0.469 e. The molecule has 0 aliphatic carbocycles. The molecule has 0 spiro atoms. The quantitative estimate of drug-likeness (QED) is 0.764. The van der Waals surface area contributed by atoms with Gasteiger partial charge in [0.25, 0.3) is 5.91 Å². The molecule has 1 unspecified atom stereocenters. The van der Waals surface area contributed by atoms with E-state index in [1.54, 1.807) is 23.2 Å². The summed E-state index contributed by atoms with van der Waals surface area (Å²) in [5.41, 5.74) is 0.592. The smallest absolute Gasteiger partial charge is 0.310 e. The fourth-order valence-electron chi connectivity index (χ4n) is 2.28. The second-order valence-electron chi connectivity index (χ2n) is 5.06. The van der Waals surface area contributed by atoms with Crippen LogP contribution >= 0.6 is 0 Å². The number of carbonyl (C=O) groups excluding carboxylic acids is 2. The predicted molar refractivity (Wildman–Crippen MR) is 74.6 cm³/mol. The molecular formula is C14H19N3O3. The van der Waals surface area contributed by atoms with E-state index in [4.69, 9.17) is 4.74 Å². The van der Waals surface area contributed by atoms with Crippen molar-refractivity contribution < 1.29 is 14.3 Å². The van der Waals surface area contributed by atoms with E-state index in [9.17, 15) is 9.59 Å². The topological polar surface area (TPSA) is 62.7 Å². The van der Waals surface area contributed by atoms with Crippen LogP contribution in [0.3, 0.4) is 0 Å². The first-order chi connectivity index (χ1) is 9.52.